The molecule has 236 valence electrons. The van der Waals surface area contributed by atoms with Gasteiger partial charge in [-0.05, 0) is 63.7 Å². The molecule has 1 aromatic heterocycles. The minimum atomic E-state index is 1.11. The van der Waals surface area contributed by atoms with Crippen molar-refractivity contribution in [2.45, 2.75) is 0 Å². The second-order valence-electron chi connectivity index (χ2n) is 12.5. The van der Waals surface area contributed by atoms with Gasteiger partial charge in [-0.15, -0.1) is 11.3 Å². The van der Waals surface area contributed by atoms with Gasteiger partial charge in [-0.1, -0.05) is 170 Å². The van der Waals surface area contributed by atoms with Crippen molar-refractivity contribution >= 4 is 48.6 Å². The summed E-state index contributed by atoms with van der Waals surface area (Å²) in [7, 11) is 0. The van der Waals surface area contributed by atoms with Crippen LogP contribution in [0.25, 0.3) is 64.7 Å². The molecule has 0 amide bonds. The SMILES string of the molecule is c1ccc(-c2ccc(-c3ccc4sc5ccccc5c4c3N(c3ccccc3)c3cc(-c4ccccc4)ccc3-c3ccccc3)cc2)cc1. The number of rotatable bonds is 7. The molecule has 0 saturated carbocycles. The molecule has 0 atom stereocenters. The maximum Gasteiger partial charge on any atom is 0.0633 e. The number of hydrogen-bond acceptors (Lipinski definition) is 2. The molecule has 0 unspecified atom stereocenters. The standard InChI is InChI=1S/C48H33NS/c1-5-15-34(16-6-1)36-25-27-38(28-26-36)42-31-32-46-47(43-23-13-14-24-45(43)50-46)48(42)49(40-21-11-4-12-22-40)44-33-39(35-17-7-2-8-18-35)29-30-41(44)37-19-9-3-10-20-37/h1-33H. The van der Waals surface area contributed by atoms with E-state index in [1.54, 1.807) is 0 Å². The van der Waals surface area contributed by atoms with Crippen molar-refractivity contribution in [2.75, 3.05) is 4.90 Å². The third kappa shape index (κ3) is 5.46. The van der Waals surface area contributed by atoms with Crippen molar-refractivity contribution < 1.29 is 0 Å². The number of benzene rings is 8. The Labute approximate surface area is 297 Å². The molecule has 2 heteroatoms. The maximum absolute atomic E-state index is 2.51. The highest BCUT2D eigenvalue weighted by Gasteiger charge is 2.25. The lowest BCUT2D eigenvalue weighted by Crippen LogP contribution is -2.13. The van der Waals surface area contributed by atoms with Gasteiger partial charge in [-0.3, -0.25) is 0 Å². The molecule has 0 aliphatic rings. The number of anilines is 3. The molecule has 50 heavy (non-hydrogen) atoms. The highest BCUT2D eigenvalue weighted by Crippen LogP contribution is 2.51. The van der Waals surface area contributed by atoms with Crippen molar-refractivity contribution in [1.29, 1.82) is 0 Å². The quantitative estimate of drug-likeness (QED) is 0.165. The number of thiophene rings is 1. The molecule has 1 heterocycles. The Kier molecular flexibility index (Phi) is 7.77. The van der Waals surface area contributed by atoms with Crippen molar-refractivity contribution in [1.82, 2.24) is 0 Å². The van der Waals surface area contributed by atoms with Gasteiger partial charge in [0.2, 0.25) is 0 Å². The number of para-hydroxylation sites is 1. The van der Waals surface area contributed by atoms with Crippen molar-refractivity contribution in [3.05, 3.63) is 200 Å². The molecule has 0 fully saturated rings. The number of hydrogen-bond donors (Lipinski definition) is 0. The zero-order valence-electron chi connectivity index (χ0n) is 27.4. The Balaban J connectivity index is 1.37. The molecular weight excluding hydrogens is 623 g/mol. The topological polar surface area (TPSA) is 3.24 Å². The first-order valence-electron chi connectivity index (χ1n) is 17.0. The zero-order valence-corrected chi connectivity index (χ0v) is 28.2. The van der Waals surface area contributed by atoms with E-state index in [4.69, 9.17) is 0 Å². The van der Waals surface area contributed by atoms with Gasteiger partial charge in [-0.2, -0.15) is 0 Å². The zero-order chi connectivity index (χ0) is 33.3. The van der Waals surface area contributed by atoms with E-state index in [9.17, 15) is 0 Å². The van der Waals surface area contributed by atoms with Crippen molar-refractivity contribution in [3.8, 4) is 44.5 Å². The lowest BCUT2D eigenvalue weighted by atomic mass is 9.93. The van der Waals surface area contributed by atoms with Crippen LogP contribution in [-0.4, -0.2) is 0 Å². The van der Waals surface area contributed by atoms with Gasteiger partial charge in [0.05, 0.1) is 11.4 Å². The van der Waals surface area contributed by atoms with Gasteiger partial charge < -0.3 is 4.90 Å². The largest absolute Gasteiger partial charge is 0.309 e. The van der Waals surface area contributed by atoms with E-state index < -0.39 is 0 Å². The smallest absolute Gasteiger partial charge is 0.0633 e. The lowest BCUT2D eigenvalue weighted by molar-refractivity contribution is 1.30. The van der Waals surface area contributed by atoms with Crippen molar-refractivity contribution in [3.63, 3.8) is 0 Å². The summed E-state index contributed by atoms with van der Waals surface area (Å²) in [5, 5.41) is 2.54. The molecule has 0 spiro atoms. The Morgan fingerprint density at radius 1 is 0.340 bits per heavy atom. The van der Waals surface area contributed by atoms with Crippen LogP contribution in [0.1, 0.15) is 0 Å². The molecular formula is C48H33NS. The van der Waals surface area contributed by atoms with Gasteiger partial charge in [0.25, 0.3) is 0 Å². The van der Waals surface area contributed by atoms with Crippen molar-refractivity contribution in [2.24, 2.45) is 0 Å². The van der Waals surface area contributed by atoms with E-state index in [1.165, 1.54) is 70.4 Å². The van der Waals surface area contributed by atoms with Crippen LogP contribution in [0.4, 0.5) is 17.1 Å². The molecule has 9 aromatic rings. The van der Waals surface area contributed by atoms with E-state index in [0.29, 0.717) is 0 Å². The molecule has 0 bridgehead atoms. The van der Waals surface area contributed by atoms with Crippen LogP contribution in [0.2, 0.25) is 0 Å². The fourth-order valence-electron chi connectivity index (χ4n) is 7.09. The minimum Gasteiger partial charge on any atom is -0.309 e. The molecule has 8 aromatic carbocycles. The Morgan fingerprint density at radius 2 is 0.820 bits per heavy atom. The third-order valence-corrected chi connectivity index (χ3v) is 10.6. The minimum absolute atomic E-state index is 1.11. The van der Waals surface area contributed by atoms with E-state index in [0.717, 1.165) is 11.4 Å². The average Bonchev–Trinajstić information content (AvgIpc) is 3.59. The third-order valence-electron chi connectivity index (χ3n) is 9.49. The summed E-state index contributed by atoms with van der Waals surface area (Å²) < 4.78 is 2.56. The van der Waals surface area contributed by atoms with Crippen LogP contribution >= 0.6 is 11.3 Å². The van der Waals surface area contributed by atoms with Crippen LogP contribution in [0.15, 0.2) is 200 Å². The Morgan fingerprint density at radius 3 is 1.50 bits per heavy atom. The van der Waals surface area contributed by atoms with Gasteiger partial charge in [-0.25, -0.2) is 0 Å². The van der Waals surface area contributed by atoms with Gasteiger partial charge in [0, 0.05) is 37.0 Å². The number of fused-ring (bicyclic) bond motifs is 3. The summed E-state index contributed by atoms with van der Waals surface area (Å²) >= 11 is 1.86. The van der Waals surface area contributed by atoms with E-state index in [1.807, 2.05) is 11.3 Å². The lowest BCUT2D eigenvalue weighted by Gasteiger charge is -2.31. The molecule has 0 N–H and O–H groups in total. The van der Waals surface area contributed by atoms with Gasteiger partial charge >= 0.3 is 0 Å². The van der Waals surface area contributed by atoms with E-state index >= 15 is 0 Å². The summed E-state index contributed by atoms with van der Waals surface area (Å²) in [5.41, 5.74) is 12.9. The van der Waals surface area contributed by atoms with Gasteiger partial charge in [0.15, 0.2) is 0 Å². The maximum atomic E-state index is 2.51. The second kappa shape index (κ2) is 13.0. The molecule has 0 saturated heterocycles. The Hall–Kier alpha value is -6.22. The second-order valence-corrected chi connectivity index (χ2v) is 13.6. The molecule has 0 aliphatic carbocycles. The molecule has 9 rings (SSSR count). The van der Waals surface area contributed by atoms with Crippen LogP contribution < -0.4 is 4.90 Å². The summed E-state index contributed by atoms with van der Waals surface area (Å²) in [6.45, 7) is 0. The summed E-state index contributed by atoms with van der Waals surface area (Å²) in [6, 6.07) is 72.4. The molecule has 0 aliphatic heterocycles. The number of nitrogens with zero attached hydrogens (tertiary/aromatic N) is 1. The first-order chi connectivity index (χ1) is 24.8. The summed E-state index contributed by atoms with van der Waals surface area (Å²) in [5.74, 6) is 0. The van der Waals surface area contributed by atoms with E-state index in [2.05, 4.69) is 205 Å². The van der Waals surface area contributed by atoms with Crippen LogP contribution in [0, 0.1) is 0 Å². The van der Waals surface area contributed by atoms with Crippen LogP contribution in [0.5, 0.6) is 0 Å². The average molecular weight is 656 g/mol. The first kappa shape index (κ1) is 29.9. The highest BCUT2D eigenvalue weighted by molar-refractivity contribution is 7.26. The normalized spacial score (nSPS) is 11.2. The summed E-state index contributed by atoms with van der Waals surface area (Å²) in [4.78, 5) is 2.51. The Bertz CT molecular complexity index is 2560. The summed E-state index contributed by atoms with van der Waals surface area (Å²) in [6.07, 6.45) is 0. The first-order valence-corrected chi connectivity index (χ1v) is 17.8. The predicted molar refractivity (Wildman–Crippen MR) is 216 cm³/mol. The van der Waals surface area contributed by atoms with Gasteiger partial charge in [0.1, 0.15) is 0 Å². The van der Waals surface area contributed by atoms with E-state index in [-0.39, 0.29) is 0 Å². The fourth-order valence-corrected chi connectivity index (χ4v) is 8.20. The van der Waals surface area contributed by atoms with Crippen LogP contribution in [-0.2, 0) is 0 Å². The highest BCUT2D eigenvalue weighted by atomic mass is 32.1. The van der Waals surface area contributed by atoms with Crippen LogP contribution in [0.3, 0.4) is 0 Å². The predicted octanol–water partition coefficient (Wildman–Crippen LogP) is 14.2. The fraction of sp³-hybridized carbons (Fsp3) is 0. The molecule has 1 nitrogen and oxygen atoms in total. The molecule has 0 radical (unpaired) electrons. The monoisotopic (exact) mass is 655 g/mol.